The van der Waals surface area contributed by atoms with Crippen LogP contribution in [0.25, 0.3) is 0 Å². The minimum Gasteiger partial charge on any atom is -0.387 e. The Morgan fingerprint density at radius 1 is 1.26 bits per heavy atom. The van der Waals surface area contributed by atoms with E-state index in [4.69, 9.17) is 9.47 Å². The predicted octanol–water partition coefficient (Wildman–Crippen LogP) is 3.77. The highest BCUT2D eigenvalue weighted by molar-refractivity contribution is 5.39. The Bertz CT molecular complexity index is 581. The van der Waals surface area contributed by atoms with Crippen molar-refractivity contribution in [2.75, 3.05) is 0 Å². The molecule has 0 amide bonds. The van der Waals surface area contributed by atoms with Crippen molar-refractivity contribution in [2.45, 2.75) is 89.3 Å². The molecule has 3 nitrogen and oxygen atoms in total. The first-order chi connectivity index (χ1) is 10.7. The van der Waals surface area contributed by atoms with Crippen LogP contribution in [0.15, 0.2) is 23.8 Å². The summed E-state index contributed by atoms with van der Waals surface area (Å²) in [4.78, 5) is 0. The van der Waals surface area contributed by atoms with Crippen molar-refractivity contribution in [1.29, 1.82) is 0 Å². The van der Waals surface area contributed by atoms with Gasteiger partial charge in [-0.2, -0.15) is 0 Å². The molecule has 3 heteroatoms. The largest absolute Gasteiger partial charge is 0.387 e. The van der Waals surface area contributed by atoms with Gasteiger partial charge < -0.3 is 14.6 Å². The van der Waals surface area contributed by atoms with Gasteiger partial charge in [0.05, 0.1) is 11.7 Å². The van der Waals surface area contributed by atoms with Crippen LogP contribution in [-0.2, 0) is 9.47 Å². The number of allylic oxidation sites excluding steroid dienone is 2. The Balaban J connectivity index is 1.72. The molecular weight excluding hydrogens is 288 g/mol. The lowest BCUT2D eigenvalue weighted by Crippen LogP contribution is -2.49. The van der Waals surface area contributed by atoms with Crippen LogP contribution in [0.4, 0.5) is 0 Å². The second-order valence-corrected chi connectivity index (χ2v) is 8.82. The van der Waals surface area contributed by atoms with Gasteiger partial charge in [0.1, 0.15) is 17.8 Å². The van der Waals surface area contributed by atoms with Crippen molar-refractivity contribution in [3.05, 3.63) is 23.8 Å². The number of ether oxygens (including phenoxy) is 2. The third-order valence-electron chi connectivity index (χ3n) is 7.41. The normalized spacial score (nSPS) is 58.0. The molecule has 2 aliphatic carbocycles. The smallest absolute Gasteiger partial charge is 0.144 e. The van der Waals surface area contributed by atoms with Crippen LogP contribution >= 0.6 is 0 Å². The maximum atomic E-state index is 11.1. The molecule has 0 aromatic rings. The molecular formula is C20H30O3. The number of hydrogen-bond donors (Lipinski definition) is 1. The van der Waals surface area contributed by atoms with Gasteiger partial charge in [-0.1, -0.05) is 32.1 Å². The van der Waals surface area contributed by atoms with Crippen LogP contribution in [0.1, 0.15) is 59.8 Å². The van der Waals surface area contributed by atoms with Crippen molar-refractivity contribution in [3.63, 3.8) is 0 Å². The summed E-state index contributed by atoms with van der Waals surface area (Å²) < 4.78 is 12.1. The fourth-order valence-electron chi connectivity index (χ4n) is 5.10. The van der Waals surface area contributed by atoms with Crippen molar-refractivity contribution in [1.82, 2.24) is 0 Å². The number of fused-ring (bicyclic) bond motifs is 2. The second-order valence-electron chi connectivity index (χ2n) is 8.82. The van der Waals surface area contributed by atoms with Gasteiger partial charge in [0.2, 0.25) is 0 Å². The molecule has 128 valence electrons. The molecule has 0 aromatic carbocycles. The first kappa shape index (κ1) is 15.9. The molecule has 0 aromatic heterocycles. The van der Waals surface area contributed by atoms with E-state index in [1.807, 2.05) is 0 Å². The lowest BCUT2D eigenvalue weighted by Gasteiger charge is -2.45. The van der Waals surface area contributed by atoms with E-state index in [1.54, 1.807) is 0 Å². The van der Waals surface area contributed by atoms with Gasteiger partial charge >= 0.3 is 0 Å². The summed E-state index contributed by atoms with van der Waals surface area (Å²) in [6.07, 6.45) is 6.96. The van der Waals surface area contributed by atoms with Crippen molar-refractivity contribution in [2.24, 2.45) is 11.3 Å². The summed E-state index contributed by atoms with van der Waals surface area (Å²) in [5, 5.41) is 11.1. The van der Waals surface area contributed by atoms with E-state index >= 15 is 0 Å². The van der Waals surface area contributed by atoms with Gasteiger partial charge in [0, 0.05) is 0 Å². The first-order valence-electron chi connectivity index (χ1n) is 9.13. The molecule has 7 atom stereocenters. The number of aliphatic hydroxyl groups excluding tert-OH is 1. The minimum atomic E-state index is -0.582. The topological polar surface area (TPSA) is 45.3 Å². The van der Waals surface area contributed by atoms with Gasteiger partial charge in [0.25, 0.3) is 0 Å². The molecule has 2 heterocycles. The van der Waals surface area contributed by atoms with E-state index in [2.05, 4.69) is 40.3 Å². The van der Waals surface area contributed by atoms with Crippen LogP contribution < -0.4 is 0 Å². The number of aliphatic hydroxyl groups is 1. The summed E-state index contributed by atoms with van der Waals surface area (Å²) in [5.74, 6) is 0.532. The van der Waals surface area contributed by atoms with Crippen molar-refractivity contribution >= 4 is 0 Å². The van der Waals surface area contributed by atoms with Crippen molar-refractivity contribution in [3.8, 4) is 0 Å². The Morgan fingerprint density at radius 2 is 2.00 bits per heavy atom. The third-order valence-corrected chi connectivity index (χ3v) is 7.41. The van der Waals surface area contributed by atoms with Gasteiger partial charge in [-0.15, -0.1) is 0 Å². The van der Waals surface area contributed by atoms with Gasteiger partial charge in [0.15, 0.2) is 0 Å². The Labute approximate surface area is 139 Å². The molecule has 4 rings (SSSR count). The number of epoxide rings is 2. The second kappa shape index (κ2) is 4.71. The van der Waals surface area contributed by atoms with Crippen LogP contribution in [0.2, 0.25) is 0 Å². The van der Waals surface area contributed by atoms with E-state index in [-0.39, 0.29) is 23.2 Å². The summed E-state index contributed by atoms with van der Waals surface area (Å²) in [7, 11) is 0. The highest BCUT2D eigenvalue weighted by Crippen LogP contribution is 2.65. The molecule has 2 bridgehead atoms. The third kappa shape index (κ3) is 2.06. The van der Waals surface area contributed by atoms with Crippen LogP contribution in [0.5, 0.6) is 0 Å². The highest BCUT2D eigenvalue weighted by Gasteiger charge is 2.74. The zero-order valence-corrected chi connectivity index (χ0v) is 14.9. The molecule has 2 saturated heterocycles. The molecule has 1 spiro atoms. The highest BCUT2D eigenvalue weighted by atomic mass is 16.7. The zero-order chi connectivity index (χ0) is 16.6. The molecule has 0 radical (unpaired) electrons. The molecule has 1 unspecified atom stereocenters. The van der Waals surface area contributed by atoms with Gasteiger partial charge in [-0.25, -0.2) is 0 Å². The Morgan fingerprint density at radius 3 is 2.74 bits per heavy atom. The fraction of sp³-hybridized carbons (Fsp3) is 0.800. The average molecular weight is 318 g/mol. The quantitative estimate of drug-likeness (QED) is 0.546. The van der Waals surface area contributed by atoms with E-state index < -0.39 is 11.7 Å². The lowest BCUT2D eigenvalue weighted by atomic mass is 9.58. The summed E-state index contributed by atoms with van der Waals surface area (Å²) in [6, 6.07) is 0. The Hall–Kier alpha value is -0.640. The summed E-state index contributed by atoms with van der Waals surface area (Å²) in [5.41, 5.74) is 1.82. The molecule has 1 saturated carbocycles. The molecule has 3 fully saturated rings. The molecule has 4 aliphatic rings. The lowest BCUT2D eigenvalue weighted by molar-refractivity contribution is 0.0469. The molecule has 2 aliphatic heterocycles. The van der Waals surface area contributed by atoms with E-state index in [0.29, 0.717) is 5.92 Å². The molecule has 23 heavy (non-hydrogen) atoms. The van der Waals surface area contributed by atoms with E-state index in [9.17, 15) is 5.11 Å². The van der Waals surface area contributed by atoms with E-state index in [1.165, 1.54) is 5.57 Å². The Kier molecular flexibility index (Phi) is 3.25. The minimum absolute atomic E-state index is 0.0214. The standard InChI is InChI=1S/C20H30O3/c1-12-7-6-9-19(5)17(23-19)16(21)20-14(3)18(4,10-8-12)13(2)11-15(20)22-20/h7,13,15-17,21H,3,6,8-11H2,1-2,4-5H3/b12-7+/t13-,15+,16+,17-,18?,19-,20-/m1/s1. The monoisotopic (exact) mass is 318 g/mol. The first-order valence-corrected chi connectivity index (χ1v) is 9.13. The van der Waals surface area contributed by atoms with Gasteiger partial charge in [-0.05, 0) is 62.9 Å². The van der Waals surface area contributed by atoms with Gasteiger partial charge in [-0.3, -0.25) is 0 Å². The summed E-state index contributed by atoms with van der Waals surface area (Å²) >= 11 is 0. The number of hydrogen-bond acceptors (Lipinski definition) is 3. The zero-order valence-electron chi connectivity index (χ0n) is 14.9. The summed E-state index contributed by atoms with van der Waals surface area (Å²) in [6.45, 7) is 13.4. The average Bonchev–Trinajstić information content (AvgIpc) is 3.38. The number of rotatable bonds is 0. The van der Waals surface area contributed by atoms with Crippen LogP contribution in [-0.4, -0.2) is 34.6 Å². The predicted molar refractivity (Wildman–Crippen MR) is 90.1 cm³/mol. The maximum absolute atomic E-state index is 11.1. The van der Waals surface area contributed by atoms with Crippen LogP contribution in [0, 0.1) is 11.3 Å². The molecule has 1 N–H and O–H groups in total. The fourth-order valence-corrected chi connectivity index (χ4v) is 5.10. The van der Waals surface area contributed by atoms with Crippen LogP contribution in [0.3, 0.4) is 0 Å². The van der Waals surface area contributed by atoms with E-state index in [0.717, 1.165) is 37.7 Å². The van der Waals surface area contributed by atoms with Crippen molar-refractivity contribution < 1.29 is 14.6 Å². The SMILES string of the molecule is C=C1C2(C)CC/C(C)=C/CC[C@@]3(C)O[C@@H]3[C@H](O)[C@@]13O[C@H]3C[C@H]2C. The maximum Gasteiger partial charge on any atom is 0.144 e.